The fourth-order valence-electron chi connectivity index (χ4n) is 3.39. The van der Waals surface area contributed by atoms with Crippen LogP contribution in [0.15, 0.2) is 46.6 Å². The van der Waals surface area contributed by atoms with Gasteiger partial charge in [-0.1, -0.05) is 37.1 Å². The summed E-state index contributed by atoms with van der Waals surface area (Å²) in [6.07, 6.45) is 4.19. The maximum absolute atomic E-state index is 12.0. The smallest absolute Gasteiger partial charge is 0.240 e. The van der Waals surface area contributed by atoms with Gasteiger partial charge >= 0.3 is 0 Å². The Morgan fingerprint density at radius 2 is 1.00 bits per heavy atom. The molecule has 6 heteroatoms. The van der Waals surface area contributed by atoms with E-state index in [9.17, 15) is 9.59 Å². The zero-order chi connectivity index (χ0) is 25.1. The van der Waals surface area contributed by atoms with Crippen LogP contribution in [0.25, 0.3) is 0 Å². The summed E-state index contributed by atoms with van der Waals surface area (Å²) in [6.45, 7) is 12.1. The summed E-state index contributed by atoms with van der Waals surface area (Å²) >= 11 is 0. The quantitative estimate of drug-likeness (QED) is 0.257. The molecule has 0 aliphatic rings. The molecule has 0 heterocycles. The fourth-order valence-corrected chi connectivity index (χ4v) is 3.39. The fraction of sp³-hybridized carbons (Fsp3) is 0.429. The van der Waals surface area contributed by atoms with Crippen molar-refractivity contribution in [1.29, 1.82) is 0 Å². The van der Waals surface area contributed by atoms with Crippen molar-refractivity contribution in [2.75, 3.05) is 0 Å². The van der Waals surface area contributed by atoms with E-state index < -0.39 is 0 Å². The molecule has 2 N–H and O–H groups in total. The zero-order valence-electron chi connectivity index (χ0n) is 21.4. The molecule has 182 valence electrons. The SMILES string of the molecule is C/C(=N\NC(=O)CCCCCCC(=O)N/N=C(\C)c1ccc(C)c(C)c1)c1ccc(C)c(C)c1. The molecule has 2 aromatic carbocycles. The summed E-state index contributed by atoms with van der Waals surface area (Å²) in [5.74, 6) is -0.172. The minimum Gasteiger partial charge on any atom is -0.273 e. The lowest BCUT2D eigenvalue weighted by molar-refractivity contribution is -0.122. The first-order chi connectivity index (χ1) is 16.2. The predicted molar refractivity (Wildman–Crippen MR) is 140 cm³/mol. The van der Waals surface area contributed by atoms with E-state index in [1.54, 1.807) is 0 Å². The number of carbonyl (C=O) groups is 2. The molecule has 0 radical (unpaired) electrons. The molecule has 2 amide bonds. The Morgan fingerprint density at radius 1 is 0.618 bits per heavy atom. The average molecular weight is 463 g/mol. The van der Waals surface area contributed by atoms with Crippen LogP contribution in [0.4, 0.5) is 0 Å². The van der Waals surface area contributed by atoms with Gasteiger partial charge in [-0.2, -0.15) is 10.2 Å². The van der Waals surface area contributed by atoms with Gasteiger partial charge in [0.2, 0.25) is 11.8 Å². The van der Waals surface area contributed by atoms with Crippen molar-refractivity contribution in [2.45, 2.75) is 80.1 Å². The van der Waals surface area contributed by atoms with Gasteiger partial charge < -0.3 is 0 Å². The molecule has 0 saturated carbocycles. The van der Waals surface area contributed by atoms with Crippen LogP contribution in [-0.4, -0.2) is 23.2 Å². The summed E-state index contributed by atoms with van der Waals surface area (Å²) in [4.78, 5) is 24.1. The van der Waals surface area contributed by atoms with Crippen molar-refractivity contribution < 1.29 is 9.59 Å². The maximum atomic E-state index is 12.0. The Bertz CT molecular complexity index is 985. The van der Waals surface area contributed by atoms with Crippen LogP contribution < -0.4 is 10.9 Å². The van der Waals surface area contributed by atoms with Crippen molar-refractivity contribution >= 4 is 23.2 Å². The second-order valence-electron chi connectivity index (χ2n) is 8.98. The number of unbranched alkanes of at least 4 members (excludes halogenated alkanes) is 3. The van der Waals surface area contributed by atoms with Crippen LogP contribution >= 0.6 is 0 Å². The van der Waals surface area contributed by atoms with E-state index in [2.05, 4.69) is 73.0 Å². The minimum absolute atomic E-state index is 0.0860. The number of benzene rings is 2. The zero-order valence-corrected chi connectivity index (χ0v) is 21.4. The van der Waals surface area contributed by atoms with Gasteiger partial charge in [0.05, 0.1) is 11.4 Å². The Labute approximate surface area is 203 Å². The number of hydrazone groups is 2. The number of hydrogen-bond donors (Lipinski definition) is 2. The van der Waals surface area contributed by atoms with E-state index in [1.165, 1.54) is 22.3 Å². The summed E-state index contributed by atoms with van der Waals surface area (Å²) in [7, 11) is 0. The van der Waals surface area contributed by atoms with Gasteiger partial charge in [-0.15, -0.1) is 0 Å². The van der Waals surface area contributed by atoms with Crippen molar-refractivity contribution in [3.05, 3.63) is 69.8 Å². The number of nitrogens with one attached hydrogen (secondary N) is 2. The molecule has 0 fully saturated rings. The van der Waals surface area contributed by atoms with Gasteiger partial charge in [0, 0.05) is 12.8 Å². The molecule has 0 aliphatic carbocycles. The maximum Gasteiger partial charge on any atom is 0.240 e. The van der Waals surface area contributed by atoms with Gasteiger partial charge in [0.15, 0.2) is 0 Å². The lowest BCUT2D eigenvalue weighted by atomic mass is 10.0. The van der Waals surface area contributed by atoms with Gasteiger partial charge in [0.25, 0.3) is 0 Å². The molecule has 0 bridgehead atoms. The lowest BCUT2D eigenvalue weighted by Gasteiger charge is -2.06. The van der Waals surface area contributed by atoms with E-state index in [0.717, 1.165) is 48.2 Å². The molecule has 0 unspecified atom stereocenters. The van der Waals surface area contributed by atoms with Gasteiger partial charge in [-0.05, 0) is 99.9 Å². The number of carbonyl (C=O) groups excluding carboxylic acids is 2. The Morgan fingerprint density at radius 3 is 1.35 bits per heavy atom. The highest BCUT2D eigenvalue weighted by molar-refractivity contribution is 6.00. The molecule has 0 aliphatic heterocycles. The summed E-state index contributed by atoms with van der Waals surface area (Å²) in [6, 6.07) is 12.3. The van der Waals surface area contributed by atoms with Gasteiger partial charge in [-0.3, -0.25) is 9.59 Å². The molecule has 0 aromatic heterocycles. The van der Waals surface area contributed by atoms with Crippen molar-refractivity contribution in [2.24, 2.45) is 10.2 Å². The van der Waals surface area contributed by atoms with E-state index in [0.29, 0.717) is 12.8 Å². The van der Waals surface area contributed by atoms with Crippen LogP contribution in [0.1, 0.15) is 85.8 Å². The third-order valence-electron chi connectivity index (χ3n) is 6.10. The first-order valence-corrected chi connectivity index (χ1v) is 12.0. The van der Waals surface area contributed by atoms with Gasteiger partial charge in [-0.25, -0.2) is 10.9 Å². The Kier molecular flexibility index (Phi) is 10.7. The third-order valence-corrected chi connectivity index (χ3v) is 6.10. The van der Waals surface area contributed by atoms with E-state index in [4.69, 9.17) is 0 Å². The number of rotatable bonds is 11. The van der Waals surface area contributed by atoms with Crippen LogP contribution in [0.3, 0.4) is 0 Å². The van der Waals surface area contributed by atoms with E-state index >= 15 is 0 Å². The molecule has 0 atom stereocenters. The predicted octanol–water partition coefficient (Wildman–Crippen LogP) is 5.64. The monoisotopic (exact) mass is 462 g/mol. The Hall–Kier alpha value is -3.28. The number of amides is 2. The summed E-state index contributed by atoms with van der Waals surface area (Å²) < 4.78 is 0. The highest BCUT2D eigenvalue weighted by Crippen LogP contribution is 2.12. The minimum atomic E-state index is -0.0860. The van der Waals surface area contributed by atoms with Crippen molar-refractivity contribution in [3.8, 4) is 0 Å². The van der Waals surface area contributed by atoms with E-state index in [-0.39, 0.29) is 11.8 Å². The first-order valence-electron chi connectivity index (χ1n) is 12.0. The molecule has 2 aromatic rings. The highest BCUT2D eigenvalue weighted by atomic mass is 16.2. The standard InChI is InChI=1S/C28H38N4O2/c1-19-13-15-25(17-21(19)3)23(5)29-31-27(33)11-9-7-8-10-12-28(34)32-30-24(6)26-16-14-20(2)22(4)18-26/h13-18H,7-12H2,1-6H3,(H,31,33)(H,32,34)/b29-23+,30-24+. The molecular weight excluding hydrogens is 424 g/mol. The summed E-state index contributed by atoms with van der Waals surface area (Å²) in [5.41, 5.74) is 13.8. The van der Waals surface area contributed by atoms with E-state index in [1.807, 2.05) is 26.0 Å². The van der Waals surface area contributed by atoms with Gasteiger partial charge in [0.1, 0.15) is 0 Å². The van der Waals surface area contributed by atoms with Crippen LogP contribution in [0, 0.1) is 27.7 Å². The molecule has 0 saturated heterocycles. The van der Waals surface area contributed by atoms with Crippen molar-refractivity contribution in [3.63, 3.8) is 0 Å². The molecule has 2 rings (SSSR count). The molecule has 34 heavy (non-hydrogen) atoms. The first kappa shape index (κ1) is 27.0. The third kappa shape index (κ3) is 8.93. The summed E-state index contributed by atoms with van der Waals surface area (Å²) in [5, 5.41) is 8.44. The van der Waals surface area contributed by atoms with Crippen molar-refractivity contribution in [1.82, 2.24) is 10.9 Å². The molecule has 6 nitrogen and oxygen atoms in total. The normalized spacial score (nSPS) is 11.9. The highest BCUT2D eigenvalue weighted by Gasteiger charge is 2.05. The number of hydrogen-bond acceptors (Lipinski definition) is 4. The Balaban J connectivity index is 1.61. The molecule has 0 spiro atoms. The van der Waals surface area contributed by atoms with Crippen LogP contribution in [0.2, 0.25) is 0 Å². The van der Waals surface area contributed by atoms with Crippen LogP contribution in [0.5, 0.6) is 0 Å². The second-order valence-corrected chi connectivity index (χ2v) is 8.98. The van der Waals surface area contributed by atoms with Crippen LogP contribution in [-0.2, 0) is 9.59 Å². The topological polar surface area (TPSA) is 82.9 Å². The number of aryl methyl sites for hydroxylation is 4. The lowest BCUT2D eigenvalue weighted by Crippen LogP contribution is -2.19. The average Bonchev–Trinajstić information content (AvgIpc) is 2.81. The number of nitrogens with zero attached hydrogens (tertiary/aromatic N) is 2. The second kappa shape index (κ2) is 13.4. The largest absolute Gasteiger partial charge is 0.273 e. The molecular formula is C28H38N4O2.